The molecule has 21 heavy (non-hydrogen) atoms. The molecule has 1 rings (SSSR count). The minimum atomic E-state index is -0.823. The van der Waals surface area contributed by atoms with Crippen LogP contribution in [0, 0.1) is 5.92 Å². The summed E-state index contributed by atoms with van der Waals surface area (Å²) in [4.78, 5) is 27.5. The van der Waals surface area contributed by atoms with Crippen LogP contribution in [-0.2, 0) is 9.53 Å². The first-order valence-electron chi connectivity index (χ1n) is 7.12. The maximum atomic E-state index is 11.9. The van der Waals surface area contributed by atoms with Crippen LogP contribution in [0.25, 0.3) is 0 Å². The van der Waals surface area contributed by atoms with Crippen molar-refractivity contribution in [3.05, 3.63) is 11.1 Å². The Kier molecular flexibility index (Phi) is 7.14. The van der Waals surface area contributed by atoms with E-state index in [0.717, 1.165) is 13.0 Å². The molecular weight excluding hydrogens is 290 g/mol. The van der Waals surface area contributed by atoms with Crippen molar-refractivity contribution in [1.29, 1.82) is 0 Å². The molecule has 1 amide bonds. The summed E-state index contributed by atoms with van der Waals surface area (Å²) in [6, 6.07) is 0. The fourth-order valence-electron chi connectivity index (χ4n) is 1.51. The Morgan fingerprint density at radius 1 is 1.38 bits per heavy atom. The van der Waals surface area contributed by atoms with Crippen molar-refractivity contribution in [2.24, 2.45) is 5.92 Å². The van der Waals surface area contributed by atoms with Crippen molar-refractivity contribution in [3.63, 3.8) is 0 Å². The molecule has 118 valence electrons. The van der Waals surface area contributed by atoms with E-state index in [1.54, 1.807) is 5.38 Å². The molecule has 6 nitrogen and oxygen atoms in total. The monoisotopic (exact) mass is 313 g/mol. The Labute approximate surface area is 129 Å². The summed E-state index contributed by atoms with van der Waals surface area (Å²) in [6.45, 7) is 8.96. The number of amides is 1. The van der Waals surface area contributed by atoms with Crippen molar-refractivity contribution in [2.45, 2.75) is 40.2 Å². The largest absolute Gasteiger partial charge is 0.448 e. The molecule has 0 saturated heterocycles. The number of nitrogens with one attached hydrogen (secondary N) is 2. The normalized spacial score (nSPS) is 12.0. The number of rotatable bonds is 8. The van der Waals surface area contributed by atoms with E-state index in [2.05, 4.69) is 29.5 Å². The van der Waals surface area contributed by atoms with Gasteiger partial charge >= 0.3 is 5.97 Å². The van der Waals surface area contributed by atoms with Crippen molar-refractivity contribution in [2.75, 3.05) is 18.4 Å². The first-order chi connectivity index (χ1) is 9.93. The summed E-state index contributed by atoms with van der Waals surface area (Å²) in [5, 5.41) is 8.09. The van der Waals surface area contributed by atoms with E-state index in [1.807, 2.05) is 6.92 Å². The fraction of sp³-hybridized carbons (Fsp3) is 0.643. The number of anilines is 1. The number of esters is 1. The summed E-state index contributed by atoms with van der Waals surface area (Å²) >= 11 is 1.35. The van der Waals surface area contributed by atoms with E-state index >= 15 is 0 Å². The number of thiazole rings is 1. The van der Waals surface area contributed by atoms with E-state index in [1.165, 1.54) is 18.3 Å². The Bertz CT molecular complexity index is 474. The van der Waals surface area contributed by atoms with Crippen LogP contribution in [0.1, 0.15) is 44.6 Å². The van der Waals surface area contributed by atoms with Gasteiger partial charge in [-0.05, 0) is 26.2 Å². The van der Waals surface area contributed by atoms with Crippen LogP contribution >= 0.6 is 11.3 Å². The molecule has 0 aliphatic carbocycles. The van der Waals surface area contributed by atoms with Gasteiger partial charge < -0.3 is 15.4 Å². The zero-order chi connectivity index (χ0) is 15.8. The zero-order valence-electron chi connectivity index (χ0n) is 12.9. The molecule has 7 heteroatoms. The van der Waals surface area contributed by atoms with Gasteiger partial charge in [-0.15, -0.1) is 11.3 Å². The number of ether oxygens (including phenoxy) is 1. The van der Waals surface area contributed by atoms with Gasteiger partial charge in [0.05, 0.1) is 0 Å². The highest BCUT2D eigenvalue weighted by Gasteiger charge is 2.20. The van der Waals surface area contributed by atoms with Gasteiger partial charge in [-0.1, -0.05) is 13.8 Å². The molecule has 1 aromatic heterocycles. The molecule has 1 aromatic rings. The number of carbonyl (C=O) groups excluding carboxylic acids is 2. The van der Waals surface area contributed by atoms with Crippen LogP contribution in [-0.4, -0.2) is 36.1 Å². The predicted octanol–water partition coefficient (Wildman–Crippen LogP) is 2.28. The molecule has 0 unspecified atom stereocenters. The summed E-state index contributed by atoms with van der Waals surface area (Å²) in [7, 11) is 0. The lowest BCUT2D eigenvalue weighted by atomic mass is 10.1. The lowest BCUT2D eigenvalue weighted by Gasteiger charge is -2.11. The maximum absolute atomic E-state index is 11.9. The van der Waals surface area contributed by atoms with Gasteiger partial charge in [0.15, 0.2) is 16.9 Å². The third-order valence-corrected chi connectivity index (χ3v) is 3.52. The molecule has 0 spiro atoms. The van der Waals surface area contributed by atoms with Crippen molar-refractivity contribution in [3.8, 4) is 0 Å². The summed E-state index contributed by atoms with van der Waals surface area (Å²) in [5.41, 5.74) is 0.225. The van der Waals surface area contributed by atoms with Crippen LogP contribution < -0.4 is 10.6 Å². The van der Waals surface area contributed by atoms with Crippen LogP contribution in [0.4, 0.5) is 5.13 Å². The van der Waals surface area contributed by atoms with Gasteiger partial charge in [0, 0.05) is 18.5 Å². The number of carbonyl (C=O) groups is 2. The van der Waals surface area contributed by atoms with E-state index in [9.17, 15) is 9.59 Å². The highest BCUT2D eigenvalue weighted by atomic mass is 32.1. The van der Waals surface area contributed by atoms with Gasteiger partial charge in [0.25, 0.3) is 5.91 Å². The smallest absolute Gasteiger partial charge is 0.358 e. The minimum absolute atomic E-state index is 0.225. The Morgan fingerprint density at radius 2 is 2.10 bits per heavy atom. The van der Waals surface area contributed by atoms with Crippen LogP contribution in [0.5, 0.6) is 0 Å². The quantitative estimate of drug-likeness (QED) is 0.720. The fourth-order valence-corrected chi connectivity index (χ4v) is 2.22. The van der Waals surface area contributed by atoms with Crippen LogP contribution in [0.15, 0.2) is 5.38 Å². The number of hydrogen-bond donors (Lipinski definition) is 2. The Balaban J connectivity index is 2.48. The molecule has 2 N–H and O–H groups in total. The van der Waals surface area contributed by atoms with Gasteiger partial charge in [-0.25, -0.2) is 9.78 Å². The van der Waals surface area contributed by atoms with Gasteiger partial charge in [-0.3, -0.25) is 4.79 Å². The standard InChI is InChI=1S/C14H23N3O3S/c1-5-15-12(18)10(4)20-13(19)11-8-21-14(17-11)16-7-6-9(2)3/h8-10H,5-7H2,1-4H3,(H,15,18)(H,16,17)/t10-/m0/s1. The third-order valence-electron chi connectivity index (χ3n) is 2.72. The zero-order valence-corrected chi connectivity index (χ0v) is 13.8. The van der Waals surface area contributed by atoms with E-state index in [4.69, 9.17) is 4.74 Å². The molecule has 0 fully saturated rings. The topological polar surface area (TPSA) is 80.3 Å². The second-order valence-electron chi connectivity index (χ2n) is 5.09. The van der Waals surface area contributed by atoms with Crippen molar-refractivity contribution in [1.82, 2.24) is 10.3 Å². The number of nitrogens with zero attached hydrogens (tertiary/aromatic N) is 1. The molecule has 0 aromatic carbocycles. The molecule has 0 bridgehead atoms. The minimum Gasteiger partial charge on any atom is -0.448 e. The van der Waals surface area contributed by atoms with Gasteiger partial charge in [-0.2, -0.15) is 0 Å². The summed E-state index contributed by atoms with van der Waals surface area (Å²) in [6.07, 6.45) is 0.213. The lowest BCUT2D eigenvalue weighted by Crippen LogP contribution is -2.35. The molecule has 0 radical (unpaired) electrons. The molecular formula is C14H23N3O3S. The number of likely N-dealkylation sites (N-methyl/N-ethyl adjacent to an activating group) is 1. The highest BCUT2D eigenvalue weighted by Crippen LogP contribution is 2.17. The lowest BCUT2D eigenvalue weighted by molar-refractivity contribution is -0.128. The van der Waals surface area contributed by atoms with Crippen LogP contribution in [0.3, 0.4) is 0 Å². The Morgan fingerprint density at radius 3 is 2.71 bits per heavy atom. The average Bonchev–Trinajstić information content (AvgIpc) is 2.87. The second kappa shape index (κ2) is 8.61. The first kappa shape index (κ1) is 17.4. The van der Waals surface area contributed by atoms with Gasteiger partial charge in [0.2, 0.25) is 0 Å². The second-order valence-corrected chi connectivity index (χ2v) is 5.95. The number of aromatic nitrogens is 1. The van der Waals surface area contributed by atoms with Crippen molar-refractivity contribution < 1.29 is 14.3 Å². The van der Waals surface area contributed by atoms with Gasteiger partial charge in [0.1, 0.15) is 0 Å². The van der Waals surface area contributed by atoms with E-state index in [0.29, 0.717) is 17.6 Å². The van der Waals surface area contributed by atoms with Crippen molar-refractivity contribution >= 4 is 28.3 Å². The summed E-state index contributed by atoms with van der Waals surface area (Å²) in [5.74, 6) is -0.280. The molecule has 1 heterocycles. The highest BCUT2D eigenvalue weighted by molar-refractivity contribution is 7.13. The average molecular weight is 313 g/mol. The molecule has 0 aliphatic heterocycles. The predicted molar refractivity (Wildman–Crippen MR) is 83.6 cm³/mol. The Hall–Kier alpha value is -1.63. The maximum Gasteiger partial charge on any atom is 0.358 e. The summed E-state index contributed by atoms with van der Waals surface area (Å²) < 4.78 is 5.07. The first-order valence-corrected chi connectivity index (χ1v) is 8.00. The van der Waals surface area contributed by atoms with Crippen LogP contribution in [0.2, 0.25) is 0 Å². The third kappa shape index (κ3) is 6.12. The SMILES string of the molecule is CCNC(=O)[C@H](C)OC(=O)c1csc(NCCC(C)C)n1. The van der Waals surface area contributed by atoms with E-state index < -0.39 is 12.1 Å². The number of hydrogen-bond acceptors (Lipinski definition) is 6. The van der Waals surface area contributed by atoms with E-state index in [-0.39, 0.29) is 11.6 Å². The molecule has 0 aliphatic rings. The molecule has 1 atom stereocenters. The molecule has 0 saturated carbocycles.